The maximum Gasteiger partial charge on any atom is 0.171 e. The number of halogens is 4. The first kappa shape index (κ1) is 18.2. The van der Waals surface area contributed by atoms with Crippen molar-refractivity contribution in [2.45, 2.75) is 0 Å². The van der Waals surface area contributed by atoms with Crippen LogP contribution in [0.25, 0.3) is 0 Å². The zero-order chi connectivity index (χ0) is 18.0. The molecular formula is C18H11BrCl3NO2. The second-order valence-corrected chi connectivity index (χ2v) is 7.13. The van der Waals surface area contributed by atoms with Gasteiger partial charge in [0.25, 0.3) is 0 Å². The first-order valence-corrected chi connectivity index (χ1v) is 9.01. The van der Waals surface area contributed by atoms with Crippen molar-refractivity contribution in [3.05, 3.63) is 74.1 Å². The van der Waals surface area contributed by atoms with Gasteiger partial charge in [0.2, 0.25) is 0 Å². The number of hydrogen-bond acceptors (Lipinski definition) is 3. The van der Waals surface area contributed by atoms with Crippen LogP contribution in [0.15, 0.2) is 59.1 Å². The van der Waals surface area contributed by atoms with E-state index in [0.29, 0.717) is 48.2 Å². The molecule has 0 saturated carbocycles. The third-order valence-corrected chi connectivity index (χ3v) is 4.97. The quantitative estimate of drug-likeness (QED) is 0.409. The number of nitrogen functional groups attached to an aromatic ring is 1. The molecule has 0 bridgehead atoms. The number of nitrogens with two attached hydrogens (primary N) is 1. The second-order valence-electron chi connectivity index (χ2n) is 5.03. The first-order valence-electron chi connectivity index (χ1n) is 7.08. The van der Waals surface area contributed by atoms with Gasteiger partial charge in [0.05, 0.1) is 15.7 Å². The standard InChI is InChI=1S/C18H11BrCl3NO2/c19-11-8-17(24-15-6-5-10(20)7-13(15)22)18(9-12(11)21)25-16-4-2-1-3-14(16)23/h1-9H,23H2. The molecule has 0 aliphatic carbocycles. The highest BCUT2D eigenvalue weighted by atomic mass is 79.9. The van der Waals surface area contributed by atoms with Crippen molar-refractivity contribution in [2.75, 3.05) is 5.73 Å². The van der Waals surface area contributed by atoms with Crippen LogP contribution >= 0.6 is 50.7 Å². The summed E-state index contributed by atoms with van der Waals surface area (Å²) in [5, 5.41) is 1.37. The smallest absolute Gasteiger partial charge is 0.171 e. The Labute approximate surface area is 168 Å². The molecule has 2 N–H and O–H groups in total. The van der Waals surface area contributed by atoms with Crippen LogP contribution in [0, 0.1) is 0 Å². The molecule has 0 spiro atoms. The van der Waals surface area contributed by atoms with Gasteiger partial charge in [-0.25, -0.2) is 0 Å². The molecule has 3 nitrogen and oxygen atoms in total. The summed E-state index contributed by atoms with van der Waals surface area (Å²) in [6, 6.07) is 15.4. The van der Waals surface area contributed by atoms with Gasteiger partial charge in [-0.2, -0.15) is 0 Å². The molecule has 0 aliphatic rings. The van der Waals surface area contributed by atoms with Crippen LogP contribution in [-0.4, -0.2) is 0 Å². The van der Waals surface area contributed by atoms with Crippen LogP contribution < -0.4 is 15.2 Å². The molecule has 0 amide bonds. The van der Waals surface area contributed by atoms with E-state index in [4.69, 9.17) is 50.0 Å². The fraction of sp³-hybridized carbons (Fsp3) is 0. The van der Waals surface area contributed by atoms with Gasteiger partial charge in [0.1, 0.15) is 5.75 Å². The first-order chi connectivity index (χ1) is 11.9. The SMILES string of the molecule is Nc1ccccc1Oc1cc(Cl)c(Br)cc1Oc1ccc(Cl)cc1Cl. The van der Waals surface area contributed by atoms with E-state index in [9.17, 15) is 0 Å². The number of para-hydroxylation sites is 2. The highest BCUT2D eigenvalue weighted by Crippen LogP contribution is 2.43. The Morgan fingerprint density at radius 2 is 1.40 bits per heavy atom. The Morgan fingerprint density at radius 1 is 0.720 bits per heavy atom. The van der Waals surface area contributed by atoms with Crippen LogP contribution in [0.1, 0.15) is 0 Å². The molecule has 0 saturated heterocycles. The molecule has 0 atom stereocenters. The number of ether oxygens (including phenoxy) is 2. The highest BCUT2D eigenvalue weighted by Gasteiger charge is 2.14. The molecule has 0 fully saturated rings. The van der Waals surface area contributed by atoms with E-state index in [1.165, 1.54) is 0 Å². The molecular weight excluding hydrogens is 448 g/mol. The van der Waals surface area contributed by atoms with Gasteiger partial charge in [-0.3, -0.25) is 0 Å². The maximum atomic E-state index is 6.19. The molecule has 7 heteroatoms. The minimum atomic E-state index is 0.378. The van der Waals surface area contributed by atoms with E-state index in [1.807, 2.05) is 12.1 Å². The Balaban J connectivity index is 2.00. The minimum absolute atomic E-state index is 0.378. The molecule has 0 heterocycles. The van der Waals surface area contributed by atoms with E-state index >= 15 is 0 Å². The van der Waals surface area contributed by atoms with Gasteiger partial charge < -0.3 is 15.2 Å². The molecule has 3 aromatic carbocycles. The second kappa shape index (κ2) is 7.75. The summed E-state index contributed by atoms with van der Waals surface area (Å²) in [5.74, 6) is 1.75. The van der Waals surface area contributed by atoms with Crippen molar-refractivity contribution in [2.24, 2.45) is 0 Å². The molecule has 0 aromatic heterocycles. The van der Waals surface area contributed by atoms with Gasteiger partial charge in [-0.1, -0.05) is 46.9 Å². The van der Waals surface area contributed by atoms with Crippen LogP contribution in [0.2, 0.25) is 15.1 Å². The predicted molar refractivity (Wildman–Crippen MR) is 107 cm³/mol. The summed E-state index contributed by atoms with van der Waals surface area (Å²) >= 11 is 21.7. The van der Waals surface area contributed by atoms with Crippen LogP contribution in [0.4, 0.5) is 5.69 Å². The summed E-state index contributed by atoms with van der Waals surface area (Å²) in [5.41, 5.74) is 6.43. The predicted octanol–water partition coefficient (Wildman–Crippen LogP) is 7.58. The van der Waals surface area contributed by atoms with Crippen molar-refractivity contribution in [1.82, 2.24) is 0 Å². The average Bonchev–Trinajstić information content (AvgIpc) is 2.56. The highest BCUT2D eigenvalue weighted by molar-refractivity contribution is 9.10. The van der Waals surface area contributed by atoms with Gasteiger partial charge in [-0.05, 0) is 46.3 Å². The third kappa shape index (κ3) is 4.33. The third-order valence-electron chi connectivity index (χ3n) is 3.24. The topological polar surface area (TPSA) is 44.5 Å². The zero-order valence-electron chi connectivity index (χ0n) is 12.6. The van der Waals surface area contributed by atoms with Crippen molar-refractivity contribution in [3.63, 3.8) is 0 Å². The normalized spacial score (nSPS) is 10.6. The molecule has 3 aromatic rings. The number of anilines is 1. The van der Waals surface area contributed by atoms with Crippen LogP contribution in [0.5, 0.6) is 23.0 Å². The van der Waals surface area contributed by atoms with E-state index in [1.54, 1.807) is 42.5 Å². The van der Waals surface area contributed by atoms with Gasteiger partial charge in [-0.15, -0.1) is 0 Å². The van der Waals surface area contributed by atoms with Crippen molar-refractivity contribution < 1.29 is 9.47 Å². The molecule has 0 unspecified atom stereocenters. The minimum Gasteiger partial charge on any atom is -0.452 e. The lowest BCUT2D eigenvalue weighted by Crippen LogP contribution is -1.95. The molecule has 0 aliphatic heterocycles. The lowest BCUT2D eigenvalue weighted by atomic mass is 10.3. The van der Waals surface area contributed by atoms with Gasteiger partial charge in [0, 0.05) is 21.6 Å². The lowest BCUT2D eigenvalue weighted by molar-refractivity contribution is 0.420. The zero-order valence-corrected chi connectivity index (χ0v) is 16.5. The summed E-state index contributed by atoms with van der Waals surface area (Å²) in [6.07, 6.45) is 0. The number of rotatable bonds is 4. The van der Waals surface area contributed by atoms with Crippen molar-refractivity contribution >= 4 is 56.4 Å². The lowest BCUT2D eigenvalue weighted by Gasteiger charge is -2.15. The molecule has 0 radical (unpaired) electrons. The maximum absolute atomic E-state index is 6.19. The van der Waals surface area contributed by atoms with Crippen LogP contribution in [-0.2, 0) is 0 Å². The Bertz CT molecular complexity index is 934. The van der Waals surface area contributed by atoms with Gasteiger partial charge >= 0.3 is 0 Å². The Kier molecular flexibility index (Phi) is 5.64. The molecule has 128 valence electrons. The fourth-order valence-corrected chi connectivity index (χ4v) is 2.96. The van der Waals surface area contributed by atoms with E-state index in [-0.39, 0.29) is 0 Å². The fourth-order valence-electron chi connectivity index (χ4n) is 2.04. The molecule has 25 heavy (non-hydrogen) atoms. The molecule has 3 rings (SSSR count). The summed E-state index contributed by atoms with van der Waals surface area (Å²) in [4.78, 5) is 0. The van der Waals surface area contributed by atoms with Crippen molar-refractivity contribution in [1.29, 1.82) is 0 Å². The van der Waals surface area contributed by atoms with Crippen LogP contribution in [0.3, 0.4) is 0 Å². The van der Waals surface area contributed by atoms with Gasteiger partial charge in [0.15, 0.2) is 17.2 Å². The number of hydrogen-bond donors (Lipinski definition) is 1. The van der Waals surface area contributed by atoms with E-state index in [0.717, 1.165) is 0 Å². The van der Waals surface area contributed by atoms with E-state index < -0.39 is 0 Å². The van der Waals surface area contributed by atoms with Crippen molar-refractivity contribution in [3.8, 4) is 23.0 Å². The summed E-state index contributed by atoms with van der Waals surface area (Å²) in [6.45, 7) is 0. The Hall–Kier alpha value is -1.59. The number of benzene rings is 3. The largest absolute Gasteiger partial charge is 0.452 e. The average molecular weight is 460 g/mol. The Morgan fingerprint density at radius 3 is 2.12 bits per heavy atom. The monoisotopic (exact) mass is 457 g/mol. The van der Waals surface area contributed by atoms with E-state index in [2.05, 4.69) is 15.9 Å². The summed E-state index contributed by atoms with van der Waals surface area (Å²) < 4.78 is 12.4. The summed E-state index contributed by atoms with van der Waals surface area (Å²) in [7, 11) is 0.